The standard InChI is InChI=1S/C12H28N4O3S/c1-5-20(17,18)16(3)10-6-8-14-12(13-2)15-9-7-11-19-4/h5-11H2,1-4H3,(H2,13,14,15). The fourth-order valence-electron chi connectivity index (χ4n) is 1.51. The van der Waals surface area contributed by atoms with E-state index in [9.17, 15) is 8.42 Å². The number of aliphatic imine (C=N–C) groups is 1. The molecule has 0 spiro atoms. The number of nitrogens with zero attached hydrogens (tertiary/aromatic N) is 2. The first-order valence-corrected chi connectivity index (χ1v) is 8.46. The van der Waals surface area contributed by atoms with Gasteiger partial charge in [-0.15, -0.1) is 0 Å². The molecule has 0 saturated heterocycles. The van der Waals surface area contributed by atoms with E-state index < -0.39 is 10.0 Å². The molecule has 0 aliphatic rings. The van der Waals surface area contributed by atoms with Crippen molar-refractivity contribution in [3.63, 3.8) is 0 Å². The van der Waals surface area contributed by atoms with Crippen molar-refractivity contribution in [1.29, 1.82) is 0 Å². The van der Waals surface area contributed by atoms with Crippen LogP contribution in [0.25, 0.3) is 0 Å². The summed E-state index contributed by atoms with van der Waals surface area (Å²) < 4.78 is 29.4. The third-order valence-corrected chi connectivity index (χ3v) is 4.69. The zero-order valence-electron chi connectivity index (χ0n) is 13.0. The molecule has 0 heterocycles. The molecule has 0 rings (SSSR count). The van der Waals surface area contributed by atoms with Crippen LogP contribution in [0.5, 0.6) is 0 Å². The molecule has 0 aliphatic carbocycles. The van der Waals surface area contributed by atoms with Crippen molar-refractivity contribution in [2.45, 2.75) is 19.8 Å². The Balaban J connectivity index is 3.81. The Morgan fingerprint density at radius 3 is 2.35 bits per heavy atom. The molecular formula is C12H28N4O3S. The Hall–Kier alpha value is -0.860. The van der Waals surface area contributed by atoms with Crippen molar-refractivity contribution in [2.75, 3.05) is 53.2 Å². The van der Waals surface area contributed by atoms with Gasteiger partial charge in [-0.2, -0.15) is 0 Å². The first-order chi connectivity index (χ1) is 9.47. The van der Waals surface area contributed by atoms with Crippen molar-refractivity contribution in [3.8, 4) is 0 Å². The lowest BCUT2D eigenvalue weighted by Gasteiger charge is -2.16. The first kappa shape index (κ1) is 19.1. The molecule has 0 aromatic rings. The van der Waals surface area contributed by atoms with Gasteiger partial charge in [-0.05, 0) is 19.8 Å². The highest BCUT2D eigenvalue weighted by atomic mass is 32.2. The van der Waals surface area contributed by atoms with Gasteiger partial charge in [0.25, 0.3) is 0 Å². The number of hydrogen-bond donors (Lipinski definition) is 2. The molecule has 0 aromatic heterocycles. The van der Waals surface area contributed by atoms with E-state index in [0.717, 1.165) is 25.3 Å². The highest BCUT2D eigenvalue weighted by Gasteiger charge is 2.13. The van der Waals surface area contributed by atoms with Crippen molar-refractivity contribution in [2.24, 2.45) is 4.99 Å². The van der Waals surface area contributed by atoms with Crippen LogP contribution >= 0.6 is 0 Å². The number of nitrogens with one attached hydrogen (secondary N) is 2. The van der Waals surface area contributed by atoms with Crippen LogP contribution in [0.1, 0.15) is 19.8 Å². The predicted molar refractivity (Wildman–Crippen MR) is 82.6 cm³/mol. The van der Waals surface area contributed by atoms with E-state index >= 15 is 0 Å². The number of methoxy groups -OCH3 is 1. The second-order valence-electron chi connectivity index (χ2n) is 4.35. The number of guanidine groups is 1. The minimum absolute atomic E-state index is 0.139. The quantitative estimate of drug-likeness (QED) is 0.333. The second kappa shape index (κ2) is 10.9. The summed E-state index contributed by atoms with van der Waals surface area (Å²) in [6.45, 7) is 4.33. The molecule has 2 N–H and O–H groups in total. The molecule has 0 bridgehead atoms. The molecule has 0 radical (unpaired) electrons. The highest BCUT2D eigenvalue weighted by molar-refractivity contribution is 7.89. The summed E-state index contributed by atoms with van der Waals surface area (Å²) in [6, 6.07) is 0. The Morgan fingerprint density at radius 2 is 1.85 bits per heavy atom. The fraction of sp³-hybridized carbons (Fsp3) is 0.917. The molecule has 0 fully saturated rings. The van der Waals surface area contributed by atoms with Gasteiger partial charge in [0.05, 0.1) is 5.75 Å². The molecule has 20 heavy (non-hydrogen) atoms. The van der Waals surface area contributed by atoms with E-state index in [0.29, 0.717) is 19.7 Å². The van der Waals surface area contributed by atoms with Crippen LogP contribution in [-0.4, -0.2) is 71.9 Å². The maximum absolute atomic E-state index is 11.5. The van der Waals surface area contributed by atoms with Crippen molar-refractivity contribution < 1.29 is 13.2 Å². The summed E-state index contributed by atoms with van der Waals surface area (Å²) in [5, 5.41) is 6.31. The maximum atomic E-state index is 11.5. The average Bonchev–Trinajstić information content (AvgIpc) is 2.45. The summed E-state index contributed by atoms with van der Waals surface area (Å²) in [5.41, 5.74) is 0. The minimum atomic E-state index is -3.08. The summed E-state index contributed by atoms with van der Waals surface area (Å²) in [5.74, 6) is 0.863. The highest BCUT2D eigenvalue weighted by Crippen LogP contribution is 1.98. The van der Waals surface area contributed by atoms with E-state index in [4.69, 9.17) is 4.74 Å². The number of ether oxygens (including phenoxy) is 1. The number of hydrogen-bond acceptors (Lipinski definition) is 4. The third-order valence-electron chi connectivity index (χ3n) is 2.82. The van der Waals surface area contributed by atoms with Gasteiger partial charge in [0.2, 0.25) is 10.0 Å². The van der Waals surface area contributed by atoms with Gasteiger partial charge in [-0.25, -0.2) is 12.7 Å². The summed E-state index contributed by atoms with van der Waals surface area (Å²) in [6.07, 6.45) is 1.64. The molecule has 0 unspecified atom stereocenters. The van der Waals surface area contributed by atoms with Gasteiger partial charge in [-0.3, -0.25) is 4.99 Å². The zero-order valence-corrected chi connectivity index (χ0v) is 13.8. The van der Waals surface area contributed by atoms with Crippen LogP contribution in [0.2, 0.25) is 0 Å². The van der Waals surface area contributed by atoms with E-state index in [1.807, 2.05) is 0 Å². The molecule has 0 aromatic carbocycles. The predicted octanol–water partition coefficient (Wildman–Crippen LogP) is -0.140. The van der Waals surface area contributed by atoms with Crippen LogP contribution in [-0.2, 0) is 14.8 Å². The van der Waals surface area contributed by atoms with Gasteiger partial charge in [0.1, 0.15) is 0 Å². The molecule has 7 nitrogen and oxygen atoms in total. The van der Waals surface area contributed by atoms with Crippen LogP contribution in [0.15, 0.2) is 4.99 Å². The Bertz CT molecular complexity index is 371. The lowest BCUT2D eigenvalue weighted by atomic mass is 10.4. The van der Waals surface area contributed by atoms with E-state index in [-0.39, 0.29) is 5.75 Å². The van der Waals surface area contributed by atoms with Gasteiger partial charge in [0.15, 0.2) is 5.96 Å². The van der Waals surface area contributed by atoms with Crippen molar-refractivity contribution in [3.05, 3.63) is 0 Å². The van der Waals surface area contributed by atoms with E-state index in [1.165, 1.54) is 4.31 Å². The average molecular weight is 308 g/mol. The maximum Gasteiger partial charge on any atom is 0.213 e. The Kier molecular flexibility index (Phi) is 10.4. The molecule has 8 heteroatoms. The van der Waals surface area contributed by atoms with E-state index in [2.05, 4.69) is 15.6 Å². The molecule has 0 amide bonds. The lowest BCUT2D eigenvalue weighted by molar-refractivity contribution is 0.195. The third kappa shape index (κ3) is 8.34. The van der Waals surface area contributed by atoms with E-state index in [1.54, 1.807) is 28.1 Å². The summed E-state index contributed by atoms with van der Waals surface area (Å²) in [7, 11) is 1.91. The molecule has 0 aliphatic heterocycles. The number of rotatable bonds is 10. The zero-order chi connectivity index (χ0) is 15.4. The van der Waals surface area contributed by atoms with Gasteiger partial charge < -0.3 is 15.4 Å². The van der Waals surface area contributed by atoms with Gasteiger partial charge in [0, 0.05) is 47.4 Å². The molecule has 0 atom stereocenters. The Morgan fingerprint density at radius 1 is 1.25 bits per heavy atom. The smallest absolute Gasteiger partial charge is 0.213 e. The summed E-state index contributed by atoms with van der Waals surface area (Å²) >= 11 is 0. The minimum Gasteiger partial charge on any atom is -0.385 e. The monoisotopic (exact) mass is 308 g/mol. The molecule has 120 valence electrons. The van der Waals surface area contributed by atoms with Crippen molar-refractivity contribution in [1.82, 2.24) is 14.9 Å². The number of sulfonamides is 1. The summed E-state index contributed by atoms with van der Waals surface area (Å²) in [4.78, 5) is 4.09. The largest absolute Gasteiger partial charge is 0.385 e. The van der Waals surface area contributed by atoms with Gasteiger partial charge >= 0.3 is 0 Å². The molecular weight excluding hydrogens is 280 g/mol. The van der Waals surface area contributed by atoms with Crippen LogP contribution in [0.3, 0.4) is 0 Å². The normalized spacial score (nSPS) is 12.8. The molecule has 0 saturated carbocycles. The SMILES string of the molecule is CCS(=O)(=O)N(C)CCCNC(=NC)NCCCOC. The van der Waals surface area contributed by atoms with Crippen LogP contribution in [0.4, 0.5) is 0 Å². The van der Waals surface area contributed by atoms with Gasteiger partial charge in [-0.1, -0.05) is 0 Å². The second-order valence-corrected chi connectivity index (χ2v) is 6.71. The lowest BCUT2D eigenvalue weighted by Crippen LogP contribution is -2.39. The Labute approximate surface area is 122 Å². The topological polar surface area (TPSA) is 83.0 Å². The first-order valence-electron chi connectivity index (χ1n) is 6.85. The van der Waals surface area contributed by atoms with Crippen LogP contribution in [0, 0.1) is 0 Å². The van der Waals surface area contributed by atoms with Crippen molar-refractivity contribution >= 4 is 16.0 Å². The van der Waals surface area contributed by atoms with Crippen LogP contribution < -0.4 is 10.6 Å². The fourth-order valence-corrected chi connectivity index (χ4v) is 2.36.